The molecular formula is C18H27NO6. The molecule has 1 amide bonds. The van der Waals surface area contributed by atoms with Crippen LogP contribution < -0.4 is 5.32 Å². The van der Waals surface area contributed by atoms with Gasteiger partial charge in [0.25, 0.3) is 0 Å². The standard InChI is InChI=1S/C18H27NO6/c1-18(2,3)25-17(23)19-10-9-14(20)16(22)13-8-6-5-7-12(13)11-15(21)24-4/h5-8,14,16,20,22H,9-11H2,1-4H3,(H,19,23). The van der Waals surface area contributed by atoms with Crippen molar-refractivity contribution in [3.63, 3.8) is 0 Å². The number of aliphatic hydroxyl groups is 2. The van der Waals surface area contributed by atoms with E-state index in [1.165, 1.54) is 7.11 Å². The van der Waals surface area contributed by atoms with E-state index in [9.17, 15) is 19.8 Å². The lowest BCUT2D eigenvalue weighted by Crippen LogP contribution is -2.34. The molecule has 0 aromatic heterocycles. The summed E-state index contributed by atoms with van der Waals surface area (Å²) in [5.74, 6) is -0.430. The van der Waals surface area contributed by atoms with E-state index in [2.05, 4.69) is 10.1 Å². The molecule has 0 saturated carbocycles. The van der Waals surface area contributed by atoms with Gasteiger partial charge in [-0.2, -0.15) is 0 Å². The van der Waals surface area contributed by atoms with Gasteiger partial charge in [0.05, 0.1) is 19.6 Å². The summed E-state index contributed by atoms with van der Waals surface area (Å²) in [5, 5.41) is 23.1. The number of carbonyl (C=O) groups excluding carboxylic acids is 2. The smallest absolute Gasteiger partial charge is 0.407 e. The summed E-state index contributed by atoms with van der Waals surface area (Å²) in [5.41, 5.74) is 0.438. The molecule has 0 aliphatic carbocycles. The molecule has 0 bridgehead atoms. The summed E-state index contributed by atoms with van der Waals surface area (Å²) in [6.07, 6.45) is -2.73. The summed E-state index contributed by atoms with van der Waals surface area (Å²) < 4.78 is 9.73. The molecular weight excluding hydrogens is 326 g/mol. The summed E-state index contributed by atoms with van der Waals surface area (Å²) in [4.78, 5) is 23.0. The zero-order valence-electron chi connectivity index (χ0n) is 15.1. The zero-order valence-corrected chi connectivity index (χ0v) is 15.1. The molecule has 7 nitrogen and oxygen atoms in total. The molecule has 2 atom stereocenters. The first kappa shape index (κ1) is 20.9. The first-order valence-corrected chi connectivity index (χ1v) is 8.11. The highest BCUT2D eigenvalue weighted by Gasteiger charge is 2.22. The molecule has 0 fully saturated rings. The fraction of sp³-hybridized carbons (Fsp3) is 0.556. The highest BCUT2D eigenvalue weighted by molar-refractivity contribution is 5.73. The van der Waals surface area contributed by atoms with Crippen molar-refractivity contribution in [1.82, 2.24) is 5.32 Å². The minimum absolute atomic E-state index is 0.00656. The fourth-order valence-electron chi connectivity index (χ4n) is 2.21. The third-order valence-electron chi connectivity index (χ3n) is 3.41. The van der Waals surface area contributed by atoms with Crippen molar-refractivity contribution in [1.29, 1.82) is 0 Å². The number of alkyl carbamates (subject to hydrolysis) is 1. The van der Waals surface area contributed by atoms with Crippen LogP contribution in [0.25, 0.3) is 0 Å². The molecule has 0 aliphatic heterocycles. The van der Waals surface area contributed by atoms with E-state index in [0.717, 1.165) is 0 Å². The Balaban J connectivity index is 2.60. The molecule has 0 saturated heterocycles. The van der Waals surface area contributed by atoms with Gasteiger partial charge in [-0.05, 0) is 38.3 Å². The average Bonchev–Trinajstić information content (AvgIpc) is 2.52. The fourth-order valence-corrected chi connectivity index (χ4v) is 2.21. The predicted molar refractivity (Wildman–Crippen MR) is 92.0 cm³/mol. The van der Waals surface area contributed by atoms with Crippen LogP contribution in [-0.2, 0) is 20.7 Å². The predicted octanol–water partition coefficient (Wildman–Crippen LogP) is 1.71. The Morgan fingerprint density at radius 3 is 2.44 bits per heavy atom. The van der Waals surface area contributed by atoms with Crippen LogP contribution in [-0.4, -0.2) is 47.6 Å². The maximum Gasteiger partial charge on any atom is 0.407 e. The maximum absolute atomic E-state index is 11.6. The van der Waals surface area contributed by atoms with Crippen LogP contribution in [0.2, 0.25) is 0 Å². The van der Waals surface area contributed by atoms with Crippen molar-refractivity contribution in [2.24, 2.45) is 0 Å². The quantitative estimate of drug-likeness (QED) is 0.645. The van der Waals surface area contributed by atoms with Gasteiger partial charge in [0.15, 0.2) is 0 Å². The number of ether oxygens (including phenoxy) is 2. The third-order valence-corrected chi connectivity index (χ3v) is 3.41. The zero-order chi connectivity index (χ0) is 19.0. The van der Waals surface area contributed by atoms with Crippen molar-refractivity contribution in [2.45, 2.75) is 51.4 Å². The SMILES string of the molecule is COC(=O)Cc1ccccc1C(O)C(O)CCNC(=O)OC(C)(C)C. The second-order valence-electron chi connectivity index (χ2n) is 6.68. The van der Waals surface area contributed by atoms with Crippen molar-refractivity contribution in [2.75, 3.05) is 13.7 Å². The number of carbonyl (C=O) groups is 2. The minimum atomic E-state index is -1.18. The van der Waals surface area contributed by atoms with Gasteiger partial charge in [0, 0.05) is 6.54 Å². The molecule has 2 unspecified atom stereocenters. The van der Waals surface area contributed by atoms with Crippen LogP contribution in [0.4, 0.5) is 4.79 Å². The van der Waals surface area contributed by atoms with Crippen molar-refractivity contribution < 1.29 is 29.3 Å². The number of hydrogen-bond donors (Lipinski definition) is 3. The van der Waals surface area contributed by atoms with Crippen molar-refractivity contribution in [3.05, 3.63) is 35.4 Å². The van der Waals surface area contributed by atoms with Crippen LogP contribution in [0.3, 0.4) is 0 Å². The summed E-state index contributed by atoms with van der Waals surface area (Å²) in [6.45, 7) is 5.41. The van der Waals surface area contributed by atoms with Gasteiger partial charge in [-0.25, -0.2) is 4.79 Å². The lowest BCUT2D eigenvalue weighted by Gasteiger charge is -2.22. The van der Waals surface area contributed by atoms with Crippen LogP contribution in [0.5, 0.6) is 0 Å². The Bertz CT molecular complexity index is 581. The average molecular weight is 353 g/mol. The van der Waals surface area contributed by atoms with Gasteiger partial charge >= 0.3 is 12.1 Å². The molecule has 0 spiro atoms. The molecule has 140 valence electrons. The van der Waals surface area contributed by atoms with Gasteiger partial charge in [-0.3, -0.25) is 4.79 Å². The Morgan fingerprint density at radius 1 is 1.20 bits per heavy atom. The van der Waals surface area contributed by atoms with Gasteiger partial charge in [-0.15, -0.1) is 0 Å². The Morgan fingerprint density at radius 2 is 1.84 bits per heavy atom. The van der Waals surface area contributed by atoms with E-state index in [4.69, 9.17) is 4.74 Å². The molecule has 0 heterocycles. The van der Waals surface area contributed by atoms with E-state index >= 15 is 0 Å². The monoisotopic (exact) mass is 353 g/mol. The molecule has 25 heavy (non-hydrogen) atoms. The first-order valence-electron chi connectivity index (χ1n) is 8.11. The van der Waals surface area contributed by atoms with Crippen LogP contribution in [0.15, 0.2) is 24.3 Å². The molecule has 7 heteroatoms. The normalized spacial score (nSPS) is 13.7. The van der Waals surface area contributed by atoms with Crippen molar-refractivity contribution in [3.8, 4) is 0 Å². The van der Waals surface area contributed by atoms with Crippen LogP contribution >= 0.6 is 0 Å². The number of nitrogens with one attached hydrogen (secondary N) is 1. The van der Waals surface area contributed by atoms with Crippen LogP contribution in [0, 0.1) is 0 Å². The minimum Gasteiger partial charge on any atom is -0.469 e. The third kappa shape index (κ3) is 7.53. The molecule has 0 radical (unpaired) electrons. The number of methoxy groups -OCH3 is 1. The van der Waals surface area contributed by atoms with E-state index in [0.29, 0.717) is 11.1 Å². The number of amides is 1. The van der Waals surface area contributed by atoms with Crippen LogP contribution in [0.1, 0.15) is 44.4 Å². The summed E-state index contributed by atoms with van der Waals surface area (Å²) in [6, 6.07) is 6.80. The Hall–Kier alpha value is -2.12. The van der Waals surface area contributed by atoms with Gasteiger partial charge in [0.1, 0.15) is 11.7 Å². The summed E-state index contributed by atoms with van der Waals surface area (Å²) in [7, 11) is 1.29. The highest BCUT2D eigenvalue weighted by Crippen LogP contribution is 2.23. The first-order chi connectivity index (χ1) is 11.6. The number of esters is 1. The largest absolute Gasteiger partial charge is 0.469 e. The lowest BCUT2D eigenvalue weighted by molar-refractivity contribution is -0.139. The van der Waals surface area contributed by atoms with Gasteiger partial charge in [-0.1, -0.05) is 24.3 Å². The molecule has 1 aromatic carbocycles. The Labute approximate surface area is 147 Å². The van der Waals surface area contributed by atoms with E-state index in [-0.39, 0.29) is 19.4 Å². The molecule has 0 aliphatic rings. The van der Waals surface area contributed by atoms with E-state index < -0.39 is 29.9 Å². The topological polar surface area (TPSA) is 105 Å². The molecule has 3 N–H and O–H groups in total. The maximum atomic E-state index is 11.6. The highest BCUT2D eigenvalue weighted by atomic mass is 16.6. The molecule has 1 rings (SSSR count). The Kier molecular flexibility index (Phi) is 7.86. The van der Waals surface area contributed by atoms with Crippen molar-refractivity contribution >= 4 is 12.1 Å². The van der Waals surface area contributed by atoms with E-state index in [1.807, 2.05) is 0 Å². The number of hydrogen-bond acceptors (Lipinski definition) is 6. The molecule has 1 aromatic rings. The second kappa shape index (κ2) is 9.39. The summed E-state index contributed by atoms with van der Waals surface area (Å²) >= 11 is 0. The van der Waals surface area contributed by atoms with Gasteiger partial charge < -0.3 is 25.0 Å². The van der Waals surface area contributed by atoms with Gasteiger partial charge in [0.2, 0.25) is 0 Å². The second-order valence-corrected chi connectivity index (χ2v) is 6.68. The van der Waals surface area contributed by atoms with E-state index in [1.54, 1.807) is 45.0 Å². The number of benzene rings is 1. The number of aliphatic hydroxyl groups excluding tert-OH is 2. The number of rotatable bonds is 7. The lowest BCUT2D eigenvalue weighted by atomic mass is 9.95.